The molecule has 0 amide bonds. The van der Waals surface area contributed by atoms with Crippen molar-refractivity contribution in [1.82, 2.24) is 4.90 Å². The molecular formula is C16H26N2O. The van der Waals surface area contributed by atoms with Crippen LogP contribution in [0.15, 0.2) is 18.2 Å². The van der Waals surface area contributed by atoms with Crippen LogP contribution in [-0.4, -0.2) is 32.1 Å². The predicted molar refractivity (Wildman–Crippen MR) is 79.6 cm³/mol. The fourth-order valence-corrected chi connectivity index (χ4v) is 3.08. The summed E-state index contributed by atoms with van der Waals surface area (Å²) >= 11 is 0. The maximum Gasteiger partial charge on any atom is 0.122 e. The van der Waals surface area contributed by atoms with Crippen molar-refractivity contribution < 1.29 is 4.74 Å². The highest BCUT2D eigenvalue weighted by Gasteiger charge is 2.30. The van der Waals surface area contributed by atoms with Gasteiger partial charge in [-0.3, -0.25) is 4.90 Å². The van der Waals surface area contributed by atoms with Crippen molar-refractivity contribution in [1.29, 1.82) is 0 Å². The highest BCUT2D eigenvalue weighted by atomic mass is 16.5. The molecule has 0 saturated carbocycles. The summed E-state index contributed by atoms with van der Waals surface area (Å²) in [5, 5.41) is 0. The summed E-state index contributed by atoms with van der Waals surface area (Å²) in [6.07, 6.45) is 1.16. The zero-order valence-corrected chi connectivity index (χ0v) is 12.5. The van der Waals surface area contributed by atoms with E-state index in [1.807, 2.05) is 0 Å². The maximum atomic E-state index is 5.81. The van der Waals surface area contributed by atoms with Crippen molar-refractivity contribution in [2.45, 2.75) is 32.2 Å². The number of hydrogen-bond donors (Lipinski definition) is 1. The highest BCUT2D eigenvalue weighted by molar-refractivity contribution is 5.40. The molecule has 1 aromatic rings. The molecule has 0 radical (unpaired) electrons. The Hall–Kier alpha value is -1.06. The van der Waals surface area contributed by atoms with Crippen molar-refractivity contribution in [2.24, 2.45) is 11.7 Å². The number of benzene rings is 1. The number of hydrogen-bond acceptors (Lipinski definition) is 3. The van der Waals surface area contributed by atoms with Gasteiger partial charge in [-0.05, 0) is 49.0 Å². The van der Waals surface area contributed by atoms with Gasteiger partial charge < -0.3 is 10.5 Å². The molecule has 19 heavy (non-hydrogen) atoms. The largest absolute Gasteiger partial charge is 0.496 e. The van der Waals surface area contributed by atoms with E-state index in [4.69, 9.17) is 10.5 Å². The number of nitrogens with zero attached hydrogens (tertiary/aromatic N) is 1. The zero-order valence-electron chi connectivity index (χ0n) is 12.5. The van der Waals surface area contributed by atoms with Crippen LogP contribution >= 0.6 is 0 Å². The monoisotopic (exact) mass is 262 g/mol. The summed E-state index contributed by atoms with van der Waals surface area (Å²) < 4.78 is 5.46. The lowest BCUT2D eigenvalue weighted by atomic mass is 9.94. The first kappa shape index (κ1) is 14.4. The van der Waals surface area contributed by atoms with Gasteiger partial charge in [-0.15, -0.1) is 0 Å². The van der Waals surface area contributed by atoms with Crippen LogP contribution in [0.4, 0.5) is 0 Å². The Bertz CT molecular complexity index is 431. The van der Waals surface area contributed by atoms with Crippen LogP contribution in [0, 0.1) is 5.92 Å². The van der Waals surface area contributed by atoms with Crippen LogP contribution < -0.4 is 10.5 Å². The Labute approximate surface area is 116 Å². The molecule has 1 aliphatic heterocycles. The van der Waals surface area contributed by atoms with E-state index in [-0.39, 0.29) is 0 Å². The fourth-order valence-electron chi connectivity index (χ4n) is 3.08. The molecule has 0 aromatic heterocycles. The Morgan fingerprint density at radius 3 is 2.68 bits per heavy atom. The molecular weight excluding hydrogens is 236 g/mol. The predicted octanol–water partition coefficient (Wildman–Crippen LogP) is 2.77. The van der Waals surface area contributed by atoms with Gasteiger partial charge in [-0.25, -0.2) is 0 Å². The maximum absolute atomic E-state index is 5.81. The van der Waals surface area contributed by atoms with Crippen molar-refractivity contribution in [2.75, 3.05) is 27.2 Å². The van der Waals surface area contributed by atoms with Gasteiger partial charge >= 0.3 is 0 Å². The van der Waals surface area contributed by atoms with E-state index in [2.05, 4.69) is 44.0 Å². The molecule has 2 unspecified atom stereocenters. The molecule has 1 fully saturated rings. The molecule has 2 N–H and O–H groups in total. The molecule has 0 bridgehead atoms. The topological polar surface area (TPSA) is 38.5 Å². The van der Waals surface area contributed by atoms with Crippen LogP contribution in [0.5, 0.6) is 5.75 Å². The second kappa shape index (κ2) is 5.93. The molecule has 3 nitrogen and oxygen atoms in total. The van der Waals surface area contributed by atoms with Gasteiger partial charge in [-0.1, -0.05) is 26.0 Å². The van der Waals surface area contributed by atoms with E-state index in [0.717, 1.165) is 25.3 Å². The summed E-state index contributed by atoms with van der Waals surface area (Å²) in [5.74, 6) is 2.10. The van der Waals surface area contributed by atoms with Crippen LogP contribution in [-0.2, 0) is 0 Å². The molecule has 0 spiro atoms. The molecule has 106 valence electrons. The third-order valence-corrected chi connectivity index (χ3v) is 4.23. The zero-order chi connectivity index (χ0) is 14.0. The van der Waals surface area contributed by atoms with Crippen LogP contribution in [0.25, 0.3) is 0 Å². The Morgan fingerprint density at radius 1 is 1.42 bits per heavy atom. The van der Waals surface area contributed by atoms with Crippen molar-refractivity contribution in [3.05, 3.63) is 29.3 Å². The first-order valence-electron chi connectivity index (χ1n) is 7.15. The highest BCUT2D eigenvalue weighted by Crippen LogP contribution is 2.37. The average molecular weight is 262 g/mol. The van der Waals surface area contributed by atoms with Crippen molar-refractivity contribution >= 4 is 0 Å². The number of nitrogens with two attached hydrogens (primary N) is 1. The summed E-state index contributed by atoms with van der Waals surface area (Å²) in [7, 11) is 3.94. The standard InChI is InChI=1S/C16H26N2O/c1-11(2)14-8-13(5-6-16(14)19-4)15-7-12(9-17)10-18(15)3/h5-6,8,11-12,15H,7,9-10,17H2,1-4H3. The van der Waals surface area contributed by atoms with Crippen molar-refractivity contribution in [3.8, 4) is 5.75 Å². The van der Waals surface area contributed by atoms with Gasteiger partial charge in [0.15, 0.2) is 0 Å². The second-order valence-electron chi connectivity index (χ2n) is 5.95. The van der Waals surface area contributed by atoms with Gasteiger partial charge in [0.25, 0.3) is 0 Å². The van der Waals surface area contributed by atoms with E-state index < -0.39 is 0 Å². The van der Waals surface area contributed by atoms with E-state index in [9.17, 15) is 0 Å². The van der Waals surface area contributed by atoms with E-state index in [1.54, 1.807) is 7.11 Å². The minimum Gasteiger partial charge on any atom is -0.496 e. The average Bonchev–Trinajstić information content (AvgIpc) is 2.79. The van der Waals surface area contributed by atoms with Crippen LogP contribution in [0.3, 0.4) is 0 Å². The first-order valence-corrected chi connectivity index (χ1v) is 7.15. The molecule has 1 aliphatic rings. The Balaban J connectivity index is 2.28. The van der Waals surface area contributed by atoms with E-state index >= 15 is 0 Å². The normalized spacial score (nSPS) is 24.1. The van der Waals surface area contributed by atoms with Gasteiger partial charge in [-0.2, -0.15) is 0 Å². The van der Waals surface area contributed by atoms with Crippen LogP contribution in [0.2, 0.25) is 0 Å². The van der Waals surface area contributed by atoms with E-state index in [1.165, 1.54) is 11.1 Å². The molecule has 0 aliphatic carbocycles. The summed E-state index contributed by atoms with van der Waals surface area (Å²) in [5.41, 5.74) is 8.50. The lowest BCUT2D eigenvalue weighted by Crippen LogP contribution is -2.20. The third-order valence-electron chi connectivity index (χ3n) is 4.23. The number of methoxy groups -OCH3 is 1. The van der Waals surface area contributed by atoms with Crippen LogP contribution in [0.1, 0.15) is 43.4 Å². The molecule has 1 saturated heterocycles. The second-order valence-corrected chi connectivity index (χ2v) is 5.95. The van der Waals surface area contributed by atoms with Crippen molar-refractivity contribution in [3.63, 3.8) is 0 Å². The lowest BCUT2D eigenvalue weighted by Gasteiger charge is -2.22. The molecule has 1 aromatic carbocycles. The molecule has 2 rings (SSSR count). The Morgan fingerprint density at radius 2 is 2.16 bits per heavy atom. The molecule has 1 heterocycles. The third kappa shape index (κ3) is 2.93. The van der Waals surface area contributed by atoms with E-state index in [0.29, 0.717) is 17.9 Å². The number of likely N-dealkylation sites (tertiary alicyclic amines) is 1. The van der Waals surface area contributed by atoms with Gasteiger partial charge in [0.05, 0.1) is 7.11 Å². The number of rotatable bonds is 4. The summed E-state index contributed by atoms with van der Waals surface area (Å²) in [6, 6.07) is 7.11. The van der Waals surface area contributed by atoms with Gasteiger partial charge in [0, 0.05) is 12.6 Å². The summed E-state index contributed by atoms with van der Waals surface area (Å²) in [6.45, 7) is 6.31. The molecule has 3 heteroatoms. The first-order chi connectivity index (χ1) is 9.06. The number of ether oxygens (including phenoxy) is 1. The van der Waals surface area contributed by atoms with Gasteiger partial charge in [0.1, 0.15) is 5.75 Å². The summed E-state index contributed by atoms with van der Waals surface area (Å²) in [4.78, 5) is 2.42. The lowest BCUT2D eigenvalue weighted by molar-refractivity contribution is 0.313. The minimum absolute atomic E-state index is 0.479. The fraction of sp³-hybridized carbons (Fsp3) is 0.625. The SMILES string of the molecule is COc1ccc(C2CC(CN)CN2C)cc1C(C)C. The molecule has 2 atom stereocenters. The minimum atomic E-state index is 0.479. The van der Waals surface area contributed by atoms with Gasteiger partial charge in [0.2, 0.25) is 0 Å². The Kier molecular flexibility index (Phi) is 4.48. The smallest absolute Gasteiger partial charge is 0.122 e. The quantitative estimate of drug-likeness (QED) is 0.907.